The van der Waals surface area contributed by atoms with Crippen LogP contribution in [0.15, 0.2) is 18.2 Å². The smallest absolute Gasteiger partial charge is 0.337 e. The highest BCUT2D eigenvalue weighted by Crippen LogP contribution is 2.32. The van der Waals surface area contributed by atoms with Crippen LogP contribution >= 0.6 is 11.6 Å². The van der Waals surface area contributed by atoms with E-state index in [-0.39, 0.29) is 11.5 Å². The Morgan fingerprint density at radius 2 is 2.28 bits per heavy atom. The zero-order valence-corrected chi connectivity index (χ0v) is 10.6. The summed E-state index contributed by atoms with van der Waals surface area (Å²) in [7, 11) is 0. The third-order valence-electron chi connectivity index (χ3n) is 3.00. The highest BCUT2D eigenvalue weighted by molar-refractivity contribution is 6.34. The van der Waals surface area contributed by atoms with Crippen LogP contribution in [-0.2, 0) is 4.79 Å². The molecule has 2 rings (SSSR count). The van der Waals surface area contributed by atoms with Crippen LogP contribution < -0.4 is 10.2 Å². The van der Waals surface area contributed by atoms with Gasteiger partial charge in [-0.1, -0.05) is 17.7 Å². The van der Waals surface area contributed by atoms with Crippen molar-refractivity contribution in [3.05, 3.63) is 28.8 Å². The van der Waals surface area contributed by atoms with Crippen molar-refractivity contribution >= 4 is 29.2 Å². The van der Waals surface area contributed by atoms with Gasteiger partial charge in [0.25, 0.3) is 0 Å². The Bertz CT molecular complexity index is 504. The first-order chi connectivity index (χ1) is 8.52. The highest BCUT2D eigenvalue weighted by Gasteiger charge is 2.29. The van der Waals surface area contributed by atoms with Gasteiger partial charge < -0.3 is 15.3 Å². The Balaban J connectivity index is 2.49. The normalized spacial score (nSPS) is 19.6. The summed E-state index contributed by atoms with van der Waals surface area (Å²) in [4.78, 5) is 24.6. The van der Waals surface area contributed by atoms with Crippen LogP contribution in [0.1, 0.15) is 17.3 Å². The van der Waals surface area contributed by atoms with E-state index in [1.807, 2.05) is 0 Å². The molecule has 1 unspecified atom stereocenters. The zero-order valence-electron chi connectivity index (χ0n) is 9.81. The minimum atomic E-state index is -1.05. The van der Waals surface area contributed by atoms with Crippen molar-refractivity contribution in [2.45, 2.75) is 13.0 Å². The summed E-state index contributed by atoms with van der Waals surface area (Å²) in [6, 6.07) is 4.27. The number of aromatic carboxylic acids is 1. The van der Waals surface area contributed by atoms with Gasteiger partial charge in [0.1, 0.15) is 6.04 Å². The number of carbonyl (C=O) groups excluding carboxylic acids is 1. The number of carbonyl (C=O) groups is 2. The molecule has 2 N–H and O–H groups in total. The Morgan fingerprint density at radius 3 is 2.94 bits per heavy atom. The van der Waals surface area contributed by atoms with Crippen molar-refractivity contribution in [3.8, 4) is 0 Å². The molecular weight excluding hydrogens is 256 g/mol. The fourth-order valence-corrected chi connectivity index (χ4v) is 2.35. The third-order valence-corrected chi connectivity index (χ3v) is 3.31. The number of carboxylic acid groups (broad SMARTS) is 1. The number of hydrogen-bond donors (Lipinski definition) is 2. The van der Waals surface area contributed by atoms with E-state index in [0.29, 0.717) is 23.8 Å². The average molecular weight is 269 g/mol. The fraction of sp³-hybridized carbons (Fsp3) is 0.333. The molecule has 1 aliphatic heterocycles. The number of anilines is 1. The Hall–Kier alpha value is -1.75. The van der Waals surface area contributed by atoms with E-state index in [9.17, 15) is 14.7 Å². The van der Waals surface area contributed by atoms with Gasteiger partial charge in [-0.25, -0.2) is 4.79 Å². The maximum atomic E-state index is 11.6. The number of benzene rings is 1. The number of halogens is 1. The van der Waals surface area contributed by atoms with E-state index in [2.05, 4.69) is 5.32 Å². The molecule has 18 heavy (non-hydrogen) atoms. The third kappa shape index (κ3) is 2.13. The fourth-order valence-electron chi connectivity index (χ4n) is 2.07. The van der Waals surface area contributed by atoms with Crippen molar-refractivity contribution in [3.63, 3.8) is 0 Å². The lowest BCUT2D eigenvalue weighted by Crippen LogP contribution is -2.54. The monoisotopic (exact) mass is 268 g/mol. The maximum absolute atomic E-state index is 11.6. The number of rotatable bonds is 2. The van der Waals surface area contributed by atoms with E-state index in [1.165, 1.54) is 6.07 Å². The summed E-state index contributed by atoms with van der Waals surface area (Å²) in [5, 5.41) is 12.3. The number of carboxylic acids is 1. The second kappa shape index (κ2) is 4.86. The lowest BCUT2D eigenvalue weighted by Gasteiger charge is -2.35. The number of amides is 1. The maximum Gasteiger partial charge on any atom is 0.337 e. The van der Waals surface area contributed by atoms with Crippen LogP contribution in [0, 0.1) is 0 Å². The molecule has 1 fully saturated rings. The van der Waals surface area contributed by atoms with Crippen molar-refractivity contribution in [2.24, 2.45) is 0 Å². The number of hydrogen-bond acceptors (Lipinski definition) is 3. The average Bonchev–Trinajstić information content (AvgIpc) is 2.33. The van der Waals surface area contributed by atoms with Gasteiger partial charge in [-0.2, -0.15) is 0 Å². The van der Waals surface area contributed by atoms with Crippen molar-refractivity contribution in [1.82, 2.24) is 5.32 Å². The molecule has 1 aromatic rings. The predicted molar refractivity (Wildman–Crippen MR) is 68.2 cm³/mol. The molecule has 1 aliphatic rings. The molecule has 0 bridgehead atoms. The summed E-state index contributed by atoms with van der Waals surface area (Å²) >= 11 is 6.08. The minimum Gasteiger partial charge on any atom is -0.478 e. The number of nitrogens with zero attached hydrogens (tertiary/aromatic N) is 1. The summed E-state index contributed by atoms with van der Waals surface area (Å²) in [5.41, 5.74) is 0.526. The van der Waals surface area contributed by atoms with E-state index < -0.39 is 12.0 Å². The van der Waals surface area contributed by atoms with Gasteiger partial charge in [0.05, 0.1) is 16.3 Å². The number of nitrogens with one attached hydrogen (secondary N) is 1. The Morgan fingerprint density at radius 1 is 1.56 bits per heavy atom. The Kier molecular flexibility index (Phi) is 3.43. The predicted octanol–water partition coefficient (Wildman–Crippen LogP) is 1.36. The van der Waals surface area contributed by atoms with Gasteiger partial charge in [0.15, 0.2) is 0 Å². The molecule has 0 aliphatic carbocycles. The lowest BCUT2D eigenvalue weighted by molar-refractivity contribution is -0.122. The lowest BCUT2D eigenvalue weighted by atomic mass is 10.1. The topological polar surface area (TPSA) is 69.6 Å². The molecule has 5 nitrogen and oxygen atoms in total. The van der Waals surface area contributed by atoms with Crippen LogP contribution in [0.3, 0.4) is 0 Å². The summed E-state index contributed by atoms with van der Waals surface area (Å²) < 4.78 is 0. The van der Waals surface area contributed by atoms with E-state index in [0.717, 1.165) is 0 Å². The molecule has 0 radical (unpaired) electrons. The number of piperazine rings is 1. The minimum absolute atomic E-state index is 0.115. The Labute approximate surface area is 109 Å². The van der Waals surface area contributed by atoms with E-state index in [4.69, 9.17) is 11.6 Å². The highest BCUT2D eigenvalue weighted by atomic mass is 35.5. The first-order valence-electron chi connectivity index (χ1n) is 5.58. The zero-order chi connectivity index (χ0) is 13.3. The van der Waals surface area contributed by atoms with Crippen LogP contribution in [0.5, 0.6) is 0 Å². The molecule has 1 amide bonds. The van der Waals surface area contributed by atoms with Crippen molar-refractivity contribution in [1.29, 1.82) is 0 Å². The molecular formula is C12H13ClN2O3. The van der Waals surface area contributed by atoms with Crippen LogP contribution in [0.2, 0.25) is 5.02 Å². The van der Waals surface area contributed by atoms with Crippen LogP contribution in [0.25, 0.3) is 0 Å². The molecule has 1 atom stereocenters. The van der Waals surface area contributed by atoms with Gasteiger partial charge in [-0.05, 0) is 19.1 Å². The SMILES string of the molecule is CC1C(=O)NCCN1c1c(Cl)cccc1C(=O)O. The molecule has 6 heteroatoms. The molecule has 0 spiro atoms. The second-order valence-corrected chi connectivity index (χ2v) is 4.51. The van der Waals surface area contributed by atoms with Crippen molar-refractivity contribution < 1.29 is 14.7 Å². The second-order valence-electron chi connectivity index (χ2n) is 4.10. The quantitative estimate of drug-likeness (QED) is 0.850. The van der Waals surface area contributed by atoms with Gasteiger partial charge in [-0.15, -0.1) is 0 Å². The van der Waals surface area contributed by atoms with Crippen molar-refractivity contribution in [2.75, 3.05) is 18.0 Å². The van der Waals surface area contributed by atoms with E-state index in [1.54, 1.807) is 24.0 Å². The summed E-state index contributed by atoms with van der Waals surface area (Å²) in [6.45, 7) is 2.74. The molecule has 1 heterocycles. The summed E-state index contributed by atoms with van der Waals surface area (Å²) in [5.74, 6) is -1.18. The standard InChI is InChI=1S/C12H13ClN2O3/c1-7-11(16)14-5-6-15(7)10-8(12(17)18)3-2-4-9(10)13/h2-4,7H,5-6H2,1H3,(H,14,16)(H,17,18). The number of para-hydroxylation sites is 1. The molecule has 1 saturated heterocycles. The summed E-state index contributed by atoms with van der Waals surface area (Å²) in [6.07, 6.45) is 0. The van der Waals surface area contributed by atoms with Gasteiger partial charge in [-0.3, -0.25) is 4.79 Å². The van der Waals surface area contributed by atoms with Crippen LogP contribution in [-0.4, -0.2) is 36.1 Å². The molecule has 96 valence electrons. The van der Waals surface area contributed by atoms with Gasteiger partial charge >= 0.3 is 5.97 Å². The largest absolute Gasteiger partial charge is 0.478 e. The van der Waals surface area contributed by atoms with Gasteiger partial charge in [0.2, 0.25) is 5.91 Å². The van der Waals surface area contributed by atoms with Crippen LogP contribution in [0.4, 0.5) is 5.69 Å². The first kappa shape index (κ1) is 12.7. The molecule has 1 aromatic carbocycles. The van der Waals surface area contributed by atoms with E-state index >= 15 is 0 Å². The molecule has 0 aromatic heterocycles. The first-order valence-corrected chi connectivity index (χ1v) is 5.96. The van der Waals surface area contributed by atoms with Gasteiger partial charge in [0, 0.05) is 13.1 Å². The molecule has 0 saturated carbocycles.